The molecule has 5 heteroatoms. The first kappa shape index (κ1) is 11.9. The molecule has 4 N–H and O–H groups in total. The molecule has 0 saturated carbocycles. The molecule has 5 nitrogen and oxygen atoms in total. The second-order valence-corrected chi connectivity index (χ2v) is 4.75. The number of nitrogens with one attached hydrogen (secondary N) is 2. The minimum atomic E-state index is 0.602. The van der Waals surface area contributed by atoms with Gasteiger partial charge in [0.1, 0.15) is 11.6 Å². The van der Waals surface area contributed by atoms with Crippen LogP contribution in [0.3, 0.4) is 0 Å². The molecule has 3 aromatic rings. The van der Waals surface area contributed by atoms with Crippen LogP contribution < -0.4 is 5.73 Å². The van der Waals surface area contributed by atoms with E-state index >= 15 is 0 Å². The molecule has 0 fully saturated rings. The van der Waals surface area contributed by atoms with Crippen LogP contribution in [0.1, 0.15) is 17.3 Å². The van der Waals surface area contributed by atoms with Crippen molar-refractivity contribution in [2.45, 2.75) is 20.3 Å². The van der Waals surface area contributed by atoms with Gasteiger partial charge in [-0.05, 0) is 32.5 Å². The van der Waals surface area contributed by atoms with Gasteiger partial charge in [-0.1, -0.05) is 6.07 Å². The van der Waals surface area contributed by atoms with E-state index in [-0.39, 0.29) is 0 Å². The summed E-state index contributed by atoms with van der Waals surface area (Å²) < 4.78 is 0. The maximum atomic E-state index is 5.56. The molecule has 1 aromatic carbocycles. The number of imidazole rings is 2. The highest BCUT2D eigenvalue weighted by molar-refractivity contribution is 5.81. The molecule has 2 aromatic heterocycles. The summed E-state index contributed by atoms with van der Waals surface area (Å²) in [6.07, 6.45) is 0.770. The molecule has 3 rings (SSSR count). The topological polar surface area (TPSA) is 83.4 Å². The van der Waals surface area contributed by atoms with E-state index in [4.69, 9.17) is 5.73 Å². The van der Waals surface area contributed by atoms with Crippen molar-refractivity contribution in [3.63, 3.8) is 0 Å². The molecular formula is C14H17N5. The summed E-state index contributed by atoms with van der Waals surface area (Å²) in [6.45, 7) is 4.59. The van der Waals surface area contributed by atoms with Crippen LogP contribution in [0.5, 0.6) is 0 Å². The molecule has 0 aliphatic rings. The number of aromatic amines is 2. The van der Waals surface area contributed by atoms with Gasteiger partial charge in [-0.2, -0.15) is 0 Å². The normalized spacial score (nSPS) is 11.3. The van der Waals surface area contributed by atoms with Gasteiger partial charge in [-0.15, -0.1) is 0 Å². The van der Waals surface area contributed by atoms with Crippen molar-refractivity contribution in [2.24, 2.45) is 5.73 Å². The highest BCUT2D eigenvalue weighted by Crippen LogP contribution is 2.24. The van der Waals surface area contributed by atoms with Crippen LogP contribution in [0.2, 0.25) is 0 Å². The zero-order valence-corrected chi connectivity index (χ0v) is 11.1. The van der Waals surface area contributed by atoms with Crippen molar-refractivity contribution in [2.75, 3.05) is 6.54 Å². The second kappa shape index (κ2) is 4.51. The standard InChI is InChI=1S/C14H17N5/c1-8-14(19-13(16-8)5-6-15)10-3-4-11-12(7-10)18-9(2)17-11/h3-4,7H,5-6,15H2,1-2H3,(H,16,19)(H,17,18). The Morgan fingerprint density at radius 2 is 2.00 bits per heavy atom. The first-order valence-electron chi connectivity index (χ1n) is 6.39. The Morgan fingerprint density at radius 1 is 1.16 bits per heavy atom. The second-order valence-electron chi connectivity index (χ2n) is 4.75. The number of fused-ring (bicyclic) bond motifs is 1. The lowest BCUT2D eigenvalue weighted by Gasteiger charge is -1.98. The molecule has 0 radical (unpaired) electrons. The quantitative estimate of drug-likeness (QED) is 0.670. The van der Waals surface area contributed by atoms with E-state index in [1.54, 1.807) is 0 Å². The summed E-state index contributed by atoms with van der Waals surface area (Å²) in [5.41, 5.74) is 10.7. The molecule has 0 saturated heterocycles. The summed E-state index contributed by atoms with van der Waals surface area (Å²) in [6, 6.07) is 6.16. The van der Waals surface area contributed by atoms with Gasteiger partial charge in [-0.3, -0.25) is 0 Å². The zero-order chi connectivity index (χ0) is 13.4. The van der Waals surface area contributed by atoms with E-state index in [2.05, 4.69) is 32.1 Å². The van der Waals surface area contributed by atoms with Crippen LogP contribution >= 0.6 is 0 Å². The SMILES string of the molecule is Cc1nc2ccc(-c3nc(CCN)[nH]c3C)cc2[nH]1. The van der Waals surface area contributed by atoms with Gasteiger partial charge in [0.15, 0.2) is 0 Å². The average molecular weight is 255 g/mol. The molecule has 19 heavy (non-hydrogen) atoms. The highest BCUT2D eigenvalue weighted by atomic mass is 14.9. The monoisotopic (exact) mass is 255 g/mol. The molecule has 0 atom stereocenters. The lowest BCUT2D eigenvalue weighted by atomic mass is 10.1. The third-order valence-corrected chi connectivity index (χ3v) is 3.19. The third-order valence-electron chi connectivity index (χ3n) is 3.19. The summed E-state index contributed by atoms with van der Waals surface area (Å²) >= 11 is 0. The van der Waals surface area contributed by atoms with Crippen molar-refractivity contribution in [1.29, 1.82) is 0 Å². The minimum Gasteiger partial charge on any atom is -0.346 e. The maximum Gasteiger partial charge on any atom is 0.108 e. The van der Waals surface area contributed by atoms with E-state index in [0.717, 1.165) is 46.1 Å². The molecule has 0 unspecified atom stereocenters. The van der Waals surface area contributed by atoms with Crippen LogP contribution in [-0.4, -0.2) is 26.5 Å². The lowest BCUT2D eigenvalue weighted by Crippen LogP contribution is -2.03. The summed E-state index contributed by atoms with van der Waals surface area (Å²) in [5, 5.41) is 0. The molecular weight excluding hydrogens is 238 g/mol. The van der Waals surface area contributed by atoms with Crippen LogP contribution in [0.4, 0.5) is 0 Å². The zero-order valence-electron chi connectivity index (χ0n) is 11.1. The van der Waals surface area contributed by atoms with Gasteiger partial charge < -0.3 is 15.7 Å². The smallest absolute Gasteiger partial charge is 0.108 e. The third kappa shape index (κ3) is 2.13. The molecule has 0 spiro atoms. The van der Waals surface area contributed by atoms with Crippen molar-refractivity contribution in [3.8, 4) is 11.3 Å². The van der Waals surface area contributed by atoms with Gasteiger partial charge in [0.25, 0.3) is 0 Å². The number of benzene rings is 1. The molecule has 0 bridgehead atoms. The summed E-state index contributed by atoms with van der Waals surface area (Å²) in [7, 11) is 0. The van der Waals surface area contributed by atoms with E-state index in [0.29, 0.717) is 6.54 Å². The molecule has 98 valence electrons. The molecule has 0 amide bonds. The van der Waals surface area contributed by atoms with E-state index in [1.807, 2.05) is 19.9 Å². The van der Waals surface area contributed by atoms with Crippen LogP contribution in [-0.2, 0) is 6.42 Å². The van der Waals surface area contributed by atoms with Crippen molar-refractivity contribution in [3.05, 3.63) is 35.5 Å². The van der Waals surface area contributed by atoms with Crippen molar-refractivity contribution >= 4 is 11.0 Å². The number of rotatable bonds is 3. The number of hydrogen-bond acceptors (Lipinski definition) is 3. The van der Waals surface area contributed by atoms with Gasteiger partial charge in [0.2, 0.25) is 0 Å². The number of nitrogens with two attached hydrogens (primary N) is 1. The Balaban J connectivity index is 2.07. The lowest BCUT2D eigenvalue weighted by molar-refractivity contribution is 0.891. The minimum absolute atomic E-state index is 0.602. The van der Waals surface area contributed by atoms with Gasteiger partial charge in [-0.25, -0.2) is 9.97 Å². The fraction of sp³-hybridized carbons (Fsp3) is 0.286. The first-order valence-corrected chi connectivity index (χ1v) is 6.39. The number of aryl methyl sites for hydroxylation is 2. The Hall–Kier alpha value is -2.14. The van der Waals surface area contributed by atoms with E-state index in [9.17, 15) is 0 Å². The van der Waals surface area contributed by atoms with Crippen LogP contribution in [0.15, 0.2) is 18.2 Å². The maximum absolute atomic E-state index is 5.56. The summed E-state index contributed by atoms with van der Waals surface area (Å²) in [5.74, 6) is 1.87. The fourth-order valence-electron chi connectivity index (χ4n) is 2.34. The van der Waals surface area contributed by atoms with Crippen molar-refractivity contribution < 1.29 is 0 Å². The first-order chi connectivity index (χ1) is 9.17. The average Bonchev–Trinajstić information content (AvgIpc) is 2.90. The molecule has 0 aliphatic heterocycles. The molecule has 2 heterocycles. The predicted molar refractivity (Wildman–Crippen MR) is 75.9 cm³/mol. The van der Waals surface area contributed by atoms with Gasteiger partial charge in [0, 0.05) is 17.7 Å². The largest absolute Gasteiger partial charge is 0.346 e. The van der Waals surface area contributed by atoms with Gasteiger partial charge in [0.05, 0.1) is 16.7 Å². The Labute approximate surface area is 111 Å². The van der Waals surface area contributed by atoms with Crippen LogP contribution in [0, 0.1) is 13.8 Å². The summed E-state index contributed by atoms with van der Waals surface area (Å²) in [4.78, 5) is 15.5. The Morgan fingerprint density at radius 3 is 2.79 bits per heavy atom. The highest BCUT2D eigenvalue weighted by Gasteiger charge is 2.10. The number of aromatic nitrogens is 4. The Bertz CT molecular complexity index is 723. The van der Waals surface area contributed by atoms with Gasteiger partial charge >= 0.3 is 0 Å². The van der Waals surface area contributed by atoms with E-state index < -0.39 is 0 Å². The Kier molecular flexibility index (Phi) is 2.83. The van der Waals surface area contributed by atoms with Crippen molar-refractivity contribution in [1.82, 2.24) is 19.9 Å². The number of hydrogen-bond donors (Lipinski definition) is 3. The van der Waals surface area contributed by atoms with Crippen LogP contribution in [0.25, 0.3) is 22.3 Å². The predicted octanol–water partition coefficient (Wildman–Crippen LogP) is 2.07. The number of nitrogens with zero attached hydrogens (tertiary/aromatic N) is 2. The van der Waals surface area contributed by atoms with E-state index in [1.165, 1.54) is 0 Å². The fourth-order valence-corrected chi connectivity index (χ4v) is 2.34. The number of H-pyrrole nitrogens is 2. The molecule has 0 aliphatic carbocycles.